The van der Waals surface area contributed by atoms with Crippen molar-refractivity contribution < 1.29 is 42.2 Å². The summed E-state index contributed by atoms with van der Waals surface area (Å²) in [5.74, 6) is 0. The summed E-state index contributed by atoms with van der Waals surface area (Å²) in [7, 11) is -4.64. The van der Waals surface area contributed by atoms with Gasteiger partial charge in [-0.05, 0) is 0 Å². The molecule has 0 heterocycles. The quantitative estimate of drug-likeness (QED) is 0.193. The molecule has 0 aromatic rings. The summed E-state index contributed by atoms with van der Waals surface area (Å²) < 4.78 is 24.5. The van der Waals surface area contributed by atoms with E-state index in [1.54, 1.807) is 0 Å². The van der Waals surface area contributed by atoms with E-state index in [0.29, 0.717) is 0 Å². The fourth-order valence-electron chi connectivity index (χ4n) is 0. The molecule has 0 aliphatic rings. The Morgan fingerprint density at radius 1 is 1.07 bits per heavy atom. The van der Waals surface area contributed by atoms with Gasteiger partial charge in [0.25, 0.3) is 0 Å². The van der Waals surface area contributed by atoms with Crippen LogP contribution in [0.3, 0.4) is 0 Å². The van der Waals surface area contributed by atoms with Crippen molar-refractivity contribution in [3.63, 3.8) is 0 Å². The van der Waals surface area contributed by atoms with Gasteiger partial charge in [-0.25, -0.2) is 9.36 Å². The molecule has 0 atom stereocenters. The van der Waals surface area contributed by atoms with Gasteiger partial charge in [0.1, 0.15) is 0 Å². The summed E-state index contributed by atoms with van der Waals surface area (Å²) >= 11 is -1.50. The summed E-state index contributed by atoms with van der Waals surface area (Å²) in [6, 6.07) is 0. The molecular formula is CH10AlCaNa2O9P. The summed E-state index contributed by atoms with van der Waals surface area (Å²) in [6.07, 6.45) is -1.83. The van der Waals surface area contributed by atoms with Crippen LogP contribution in [0, 0.1) is 0 Å². The topological polar surface area (TPSA) is 173 Å². The molecule has 9 nitrogen and oxygen atoms in total. The molecular weight excluding hydrogens is 300 g/mol. The summed E-state index contributed by atoms with van der Waals surface area (Å²) in [5.41, 5.74) is 0. The van der Waals surface area contributed by atoms with E-state index in [1.807, 2.05) is 0 Å². The van der Waals surface area contributed by atoms with E-state index >= 15 is 0 Å². The molecule has 0 radical (unpaired) electrons. The van der Waals surface area contributed by atoms with Crippen molar-refractivity contribution in [3.05, 3.63) is 0 Å². The number of hydrogen-bond donors (Lipinski definition) is 6. The molecule has 14 heteroatoms. The predicted octanol–water partition coefficient (Wildman–Crippen LogP) is -3.98. The van der Waals surface area contributed by atoms with Crippen molar-refractivity contribution in [2.75, 3.05) is 0 Å². The third kappa shape index (κ3) is 476. The van der Waals surface area contributed by atoms with E-state index in [-0.39, 0.29) is 96.9 Å². The van der Waals surface area contributed by atoms with Crippen molar-refractivity contribution in [2.24, 2.45) is 0 Å². The Labute approximate surface area is 165 Å². The van der Waals surface area contributed by atoms with Gasteiger partial charge in [0.05, 0.1) is 0 Å². The molecule has 0 aromatic heterocycles. The maximum absolute atomic E-state index is 8.88. The van der Waals surface area contributed by atoms with Crippen LogP contribution in [-0.4, -0.2) is 148 Å². The molecule has 0 unspecified atom stereocenters. The average molecular weight is 310 g/mol. The first-order chi connectivity index (χ1) is 5.15. The van der Waals surface area contributed by atoms with Gasteiger partial charge in [-0.15, -0.1) is 0 Å². The molecule has 0 aliphatic heterocycles. The van der Waals surface area contributed by atoms with Crippen molar-refractivity contribution in [1.29, 1.82) is 0 Å². The monoisotopic (exact) mass is 310 g/mol. The Bertz CT molecular complexity index is 159. The van der Waals surface area contributed by atoms with Gasteiger partial charge in [0, 0.05) is 0 Å². The zero-order valence-electron chi connectivity index (χ0n) is 5.43. The van der Waals surface area contributed by atoms with E-state index in [1.165, 1.54) is 0 Å². The minimum absolute atomic E-state index is 0. The Morgan fingerprint density at radius 3 is 1.07 bits per heavy atom. The zero-order valence-corrected chi connectivity index (χ0v) is 7.48. The number of phosphoric acid groups is 1. The molecule has 80 valence electrons. The van der Waals surface area contributed by atoms with Crippen molar-refractivity contribution in [1.82, 2.24) is 0 Å². The summed E-state index contributed by atoms with van der Waals surface area (Å²) in [4.78, 5) is 30.1. The summed E-state index contributed by atoms with van der Waals surface area (Å²) in [6.45, 7) is 0. The Kier molecular flexibility index (Phi) is 61.5. The maximum atomic E-state index is 8.88. The molecule has 0 fully saturated rings. The number of rotatable bonds is 0. The van der Waals surface area contributed by atoms with Gasteiger partial charge in [-0.3, -0.25) is 0 Å². The Morgan fingerprint density at radius 2 is 1.07 bits per heavy atom. The van der Waals surface area contributed by atoms with Crippen LogP contribution in [0.25, 0.3) is 0 Å². The summed E-state index contributed by atoms with van der Waals surface area (Å²) in [5, 5.41) is 13.9. The fraction of sp³-hybridized carbons (Fsp3) is 0. The van der Waals surface area contributed by atoms with Crippen LogP contribution in [0.5, 0.6) is 0 Å². The second kappa shape index (κ2) is 25.6. The standard InChI is InChI=1S/CH2O3.Al.Ca.2Na.H3O4P.H2O.O.4H/c2-1(3)4;;;;;1-5(2,3)4;;;;;;/h(H2,2,3,4);;;;;(H3,1,2,3,4);1H2;;;;;/q;+1;;;;;;;;;;/p-1. The van der Waals surface area contributed by atoms with Gasteiger partial charge in [0.2, 0.25) is 0 Å². The normalized spacial score (nSPS) is 6.07. The first-order valence-electron chi connectivity index (χ1n) is 1.93. The molecule has 0 rings (SSSR count). The SMILES string of the molecule is O=C(O)O.O=P(O)(O)O.[CaH2].[NaH].[NaH].[O]=[Al][OH]. The van der Waals surface area contributed by atoms with Crippen molar-refractivity contribution in [2.45, 2.75) is 0 Å². The first kappa shape index (κ1) is 36.1. The number of carbonyl (C=O) groups is 1. The van der Waals surface area contributed by atoms with Crippen molar-refractivity contribution in [3.8, 4) is 0 Å². The Balaban J connectivity index is -0.0000000189. The van der Waals surface area contributed by atoms with Crippen LogP contribution in [0.2, 0.25) is 0 Å². The van der Waals surface area contributed by atoms with Crippen LogP contribution < -0.4 is 0 Å². The van der Waals surface area contributed by atoms with Crippen LogP contribution in [0.4, 0.5) is 4.79 Å². The van der Waals surface area contributed by atoms with Gasteiger partial charge in [-0.1, -0.05) is 0 Å². The van der Waals surface area contributed by atoms with Crippen LogP contribution in [0.15, 0.2) is 0 Å². The molecule has 0 saturated carbocycles. The van der Waals surface area contributed by atoms with E-state index in [0.717, 1.165) is 0 Å². The van der Waals surface area contributed by atoms with E-state index in [9.17, 15) is 0 Å². The van der Waals surface area contributed by atoms with E-state index < -0.39 is 29.5 Å². The molecule has 0 aliphatic carbocycles. The molecule has 6 N–H and O–H groups in total. The molecule has 0 saturated heterocycles. The van der Waals surface area contributed by atoms with E-state index in [4.69, 9.17) is 42.2 Å². The van der Waals surface area contributed by atoms with Gasteiger partial charge < -0.3 is 24.9 Å². The predicted molar refractivity (Wildman–Crippen MR) is 56.4 cm³/mol. The van der Waals surface area contributed by atoms with E-state index in [2.05, 4.69) is 0 Å². The van der Waals surface area contributed by atoms with Crippen molar-refractivity contribution >= 4 is 126 Å². The molecule has 0 aromatic carbocycles. The van der Waals surface area contributed by atoms with Gasteiger partial charge in [0.15, 0.2) is 0 Å². The number of carboxylic acid groups (broad SMARTS) is 2. The van der Waals surface area contributed by atoms with Gasteiger partial charge in [-0.2, -0.15) is 0 Å². The zero-order chi connectivity index (χ0) is 10.8. The second-order valence-electron chi connectivity index (χ2n) is 0.901. The van der Waals surface area contributed by atoms with Crippen LogP contribution in [-0.2, 0) is 8.37 Å². The Hall–Kier alpha value is 2.77. The fourth-order valence-corrected chi connectivity index (χ4v) is 0. The van der Waals surface area contributed by atoms with Gasteiger partial charge >= 0.3 is 134 Å². The molecule has 15 heavy (non-hydrogen) atoms. The second-order valence-corrected chi connectivity index (χ2v) is 2.14. The van der Waals surface area contributed by atoms with Crippen LogP contribution in [0.1, 0.15) is 0 Å². The average Bonchev–Trinajstić information content (AvgIpc) is 1.56. The third-order valence-corrected chi connectivity index (χ3v) is 0. The molecule has 0 amide bonds. The number of hydrogen-bond acceptors (Lipinski definition) is 3. The van der Waals surface area contributed by atoms with Crippen LogP contribution >= 0.6 is 7.82 Å². The molecule has 0 spiro atoms. The molecule has 0 bridgehead atoms. The third-order valence-electron chi connectivity index (χ3n) is 0. The first-order valence-corrected chi connectivity index (χ1v) is 4.48. The minimum atomic E-state index is -4.64.